The van der Waals surface area contributed by atoms with Gasteiger partial charge in [-0.1, -0.05) is 6.42 Å². The number of hydrogen-bond acceptors (Lipinski definition) is 4. The number of ether oxygens (including phenoxy) is 2. The van der Waals surface area contributed by atoms with Crippen LogP contribution >= 0.6 is 0 Å². The maximum absolute atomic E-state index is 5.67. The Morgan fingerprint density at radius 3 is 2.40 bits per heavy atom. The largest absolute Gasteiger partial charge is 0.497 e. The van der Waals surface area contributed by atoms with Gasteiger partial charge in [0.2, 0.25) is 0 Å². The molecule has 1 aromatic rings. The third-order valence-electron chi connectivity index (χ3n) is 3.66. The molecule has 4 heteroatoms. The second-order valence-electron chi connectivity index (χ2n) is 5.18. The Hall–Kier alpha value is -1.26. The van der Waals surface area contributed by atoms with E-state index in [4.69, 9.17) is 9.47 Å². The minimum Gasteiger partial charge on any atom is -0.497 e. The molecule has 0 aromatic heterocycles. The van der Waals surface area contributed by atoms with Crippen molar-refractivity contribution in [1.29, 1.82) is 0 Å². The van der Waals surface area contributed by atoms with E-state index in [0.29, 0.717) is 6.61 Å². The standard InChI is InChI=1S/C16H26N2O2/c1-19-15-5-7-16(8-6-15)20-14-10-17-9-13-18-11-3-2-4-12-18/h5-8,17H,2-4,9-14H2,1H3. The highest BCUT2D eigenvalue weighted by Crippen LogP contribution is 2.16. The highest BCUT2D eigenvalue weighted by Gasteiger charge is 2.08. The van der Waals surface area contributed by atoms with E-state index in [9.17, 15) is 0 Å². The molecule has 0 atom stereocenters. The average Bonchev–Trinajstić information content (AvgIpc) is 2.52. The van der Waals surface area contributed by atoms with Crippen LogP contribution in [0.2, 0.25) is 0 Å². The molecule has 4 nitrogen and oxygen atoms in total. The SMILES string of the molecule is COc1ccc(OCCNCCN2CCCCC2)cc1. The van der Waals surface area contributed by atoms with E-state index in [1.54, 1.807) is 7.11 Å². The fraction of sp³-hybridized carbons (Fsp3) is 0.625. The first-order valence-corrected chi connectivity index (χ1v) is 7.58. The highest BCUT2D eigenvalue weighted by atomic mass is 16.5. The van der Waals surface area contributed by atoms with Crippen molar-refractivity contribution in [3.8, 4) is 11.5 Å². The zero-order chi connectivity index (χ0) is 14.0. The van der Waals surface area contributed by atoms with Crippen LogP contribution in [-0.4, -0.2) is 51.3 Å². The lowest BCUT2D eigenvalue weighted by Gasteiger charge is -2.26. The Morgan fingerprint density at radius 1 is 1.00 bits per heavy atom. The van der Waals surface area contributed by atoms with E-state index >= 15 is 0 Å². The molecule has 20 heavy (non-hydrogen) atoms. The number of rotatable bonds is 8. The van der Waals surface area contributed by atoms with Gasteiger partial charge in [-0.25, -0.2) is 0 Å². The summed E-state index contributed by atoms with van der Waals surface area (Å²) in [5, 5.41) is 3.43. The van der Waals surface area contributed by atoms with E-state index in [1.807, 2.05) is 24.3 Å². The average molecular weight is 278 g/mol. The molecule has 0 radical (unpaired) electrons. The molecule has 0 aliphatic carbocycles. The van der Waals surface area contributed by atoms with Gasteiger partial charge in [0.15, 0.2) is 0 Å². The van der Waals surface area contributed by atoms with Crippen LogP contribution in [0.3, 0.4) is 0 Å². The van der Waals surface area contributed by atoms with E-state index < -0.39 is 0 Å². The molecule has 112 valence electrons. The second-order valence-corrected chi connectivity index (χ2v) is 5.18. The van der Waals surface area contributed by atoms with Crippen molar-refractivity contribution in [3.05, 3.63) is 24.3 Å². The normalized spacial score (nSPS) is 16.1. The monoisotopic (exact) mass is 278 g/mol. The Balaban J connectivity index is 1.50. The molecule has 1 fully saturated rings. The molecular formula is C16H26N2O2. The summed E-state index contributed by atoms with van der Waals surface area (Å²) in [5.74, 6) is 1.75. The van der Waals surface area contributed by atoms with Crippen LogP contribution in [0.5, 0.6) is 11.5 Å². The lowest BCUT2D eigenvalue weighted by atomic mass is 10.1. The van der Waals surface area contributed by atoms with Crippen LogP contribution in [0.4, 0.5) is 0 Å². The van der Waals surface area contributed by atoms with Gasteiger partial charge in [-0.15, -0.1) is 0 Å². The molecule has 0 unspecified atom stereocenters. The molecule has 1 heterocycles. The Labute approximate surface area is 122 Å². The second kappa shape index (κ2) is 8.82. The first kappa shape index (κ1) is 15.1. The maximum Gasteiger partial charge on any atom is 0.119 e. The van der Waals surface area contributed by atoms with Crippen LogP contribution in [0.15, 0.2) is 24.3 Å². The molecular weight excluding hydrogens is 252 g/mol. The molecule has 1 aliphatic rings. The molecule has 1 aliphatic heterocycles. The zero-order valence-electron chi connectivity index (χ0n) is 12.4. The number of methoxy groups -OCH3 is 1. The Morgan fingerprint density at radius 2 is 1.70 bits per heavy atom. The number of benzene rings is 1. The molecule has 1 N–H and O–H groups in total. The van der Waals surface area contributed by atoms with Crippen LogP contribution in [0.25, 0.3) is 0 Å². The third-order valence-corrected chi connectivity index (χ3v) is 3.66. The lowest BCUT2D eigenvalue weighted by molar-refractivity contribution is 0.226. The quantitative estimate of drug-likeness (QED) is 0.739. The summed E-state index contributed by atoms with van der Waals surface area (Å²) in [5.41, 5.74) is 0. The van der Waals surface area contributed by atoms with Gasteiger partial charge in [0.1, 0.15) is 18.1 Å². The number of nitrogens with zero attached hydrogens (tertiary/aromatic N) is 1. The summed E-state index contributed by atoms with van der Waals surface area (Å²) in [6, 6.07) is 7.71. The van der Waals surface area contributed by atoms with Crippen molar-refractivity contribution in [3.63, 3.8) is 0 Å². The fourth-order valence-corrected chi connectivity index (χ4v) is 2.46. The van der Waals surface area contributed by atoms with E-state index in [1.165, 1.54) is 32.4 Å². The van der Waals surface area contributed by atoms with Crippen LogP contribution in [0, 0.1) is 0 Å². The van der Waals surface area contributed by atoms with Gasteiger partial charge in [-0.3, -0.25) is 0 Å². The van der Waals surface area contributed by atoms with Crippen molar-refractivity contribution in [2.75, 3.05) is 46.4 Å². The number of hydrogen-bond donors (Lipinski definition) is 1. The summed E-state index contributed by atoms with van der Waals surface area (Å²) >= 11 is 0. The van der Waals surface area contributed by atoms with Gasteiger partial charge in [0, 0.05) is 19.6 Å². The van der Waals surface area contributed by atoms with Crippen molar-refractivity contribution < 1.29 is 9.47 Å². The molecule has 1 saturated heterocycles. The van der Waals surface area contributed by atoms with Gasteiger partial charge in [-0.2, -0.15) is 0 Å². The lowest BCUT2D eigenvalue weighted by Crippen LogP contribution is -2.36. The van der Waals surface area contributed by atoms with Crippen LogP contribution in [-0.2, 0) is 0 Å². The van der Waals surface area contributed by atoms with Crippen LogP contribution < -0.4 is 14.8 Å². The maximum atomic E-state index is 5.67. The Bertz CT molecular complexity index is 361. The van der Waals surface area contributed by atoms with Gasteiger partial charge >= 0.3 is 0 Å². The van der Waals surface area contributed by atoms with Gasteiger partial charge in [0.05, 0.1) is 7.11 Å². The van der Waals surface area contributed by atoms with E-state index in [-0.39, 0.29) is 0 Å². The molecule has 2 rings (SSSR count). The topological polar surface area (TPSA) is 33.7 Å². The molecule has 1 aromatic carbocycles. The Kier molecular flexibility index (Phi) is 6.68. The van der Waals surface area contributed by atoms with Crippen molar-refractivity contribution in [1.82, 2.24) is 10.2 Å². The molecule has 0 amide bonds. The van der Waals surface area contributed by atoms with Crippen molar-refractivity contribution in [2.24, 2.45) is 0 Å². The summed E-state index contributed by atoms with van der Waals surface area (Å²) in [7, 11) is 1.67. The number of likely N-dealkylation sites (tertiary alicyclic amines) is 1. The summed E-state index contributed by atoms with van der Waals surface area (Å²) < 4.78 is 10.8. The minimum atomic E-state index is 0.701. The predicted octanol–water partition coefficient (Wildman–Crippen LogP) is 2.15. The molecule has 0 bridgehead atoms. The van der Waals surface area contributed by atoms with E-state index in [2.05, 4.69) is 10.2 Å². The van der Waals surface area contributed by atoms with Crippen LogP contribution in [0.1, 0.15) is 19.3 Å². The first-order valence-electron chi connectivity index (χ1n) is 7.58. The summed E-state index contributed by atoms with van der Waals surface area (Å²) in [4.78, 5) is 2.54. The van der Waals surface area contributed by atoms with Crippen molar-refractivity contribution in [2.45, 2.75) is 19.3 Å². The fourth-order valence-electron chi connectivity index (χ4n) is 2.46. The number of nitrogens with one attached hydrogen (secondary N) is 1. The highest BCUT2D eigenvalue weighted by molar-refractivity contribution is 5.31. The first-order chi connectivity index (χ1) is 9.88. The summed E-state index contributed by atoms with van der Waals surface area (Å²) in [6.07, 6.45) is 4.13. The molecule has 0 saturated carbocycles. The molecule has 0 spiro atoms. The number of piperidine rings is 1. The third kappa shape index (κ3) is 5.39. The predicted molar refractivity (Wildman–Crippen MR) is 81.6 cm³/mol. The van der Waals surface area contributed by atoms with Gasteiger partial charge < -0.3 is 19.7 Å². The van der Waals surface area contributed by atoms with Gasteiger partial charge in [0.25, 0.3) is 0 Å². The minimum absolute atomic E-state index is 0.701. The van der Waals surface area contributed by atoms with Gasteiger partial charge in [-0.05, 0) is 50.2 Å². The van der Waals surface area contributed by atoms with E-state index in [0.717, 1.165) is 31.1 Å². The van der Waals surface area contributed by atoms with Crippen molar-refractivity contribution >= 4 is 0 Å². The zero-order valence-corrected chi connectivity index (χ0v) is 12.4. The smallest absolute Gasteiger partial charge is 0.119 e. The summed E-state index contributed by atoms with van der Waals surface area (Å²) in [6.45, 7) is 6.33.